The van der Waals surface area contributed by atoms with Gasteiger partial charge >= 0.3 is 0 Å². The third-order valence-electron chi connectivity index (χ3n) is 1.47. The molecule has 0 aliphatic rings. The van der Waals surface area contributed by atoms with E-state index in [2.05, 4.69) is 0 Å². The predicted octanol–water partition coefficient (Wildman–Crippen LogP) is 1.76. The van der Waals surface area contributed by atoms with Gasteiger partial charge in [-0.3, -0.25) is 4.79 Å². The predicted molar refractivity (Wildman–Crippen MR) is 36.7 cm³/mol. The van der Waals surface area contributed by atoms with Crippen LogP contribution in [0.2, 0.25) is 0 Å². The highest BCUT2D eigenvalue weighted by atomic mass is 19.3. The lowest BCUT2D eigenvalue weighted by Gasteiger charge is -2.01. The van der Waals surface area contributed by atoms with E-state index in [0.717, 1.165) is 6.20 Å². The fraction of sp³-hybridized carbons (Fsp3) is 0.286. The summed E-state index contributed by atoms with van der Waals surface area (Å²) in [6, 6.07) is 0. The zero-order chi connectivity index (χ0) is 9.30. The first-order valence-electron chi connectivity index (χ1n) is 3.20. The van der Waals surface area contributed by atoms with Crippen LogP contribution in [0, 0.1) is 12.7 Å². The minimum atomic E-state index is -3.08. The fourth-order valence-electron chi connectivity index (χ4n) is 0.822. The molecule has 1 aromatic heterocycles. The van der Waals surface area contributed by atoms with Crippen LogP contribution in [0.4, 0.5) is 13.2 Å². The molecule has 0 fully saturated rings. The van der Waals surface area contributed by atoms with E-state index in [9.17, 15) is 18.0 Å². The van der Waals surface area contributed by atoms with Crippen molar-refractivity contribution in [3.05, 3.63) is 33.5 Å². The Morgan fingerprint density at radius 2 is 2.08 bits per heavy atom. The summed E-state index contributed by atoms with van der Waals surface area (Å²) in [4.78, 5) is 12.7. The molecule has 5 heteroatoms. The number of H-pyrrole nitrogens is 1. The van der Waals surface area contributed by atoms with Crippen LogP contribution in [-0.4, -0.2) is 4.98 Å². The molecule has 0 saturated heterocycles. The van der Waals surface area contributed by atoms with Gasteiger partial charge < -0.3 is 4.98 Å². The van der Waals surface area contributed by atoms with Gasteiger partial charge in [0.1, 0.15) is 11.4 Å². The van der Waals surface area contributed by atoms with E-state index in [4.69, 9.17) is 0 Å². The molecule has 66 valence electrons. The van der Waals surface area contributed by atoms with Gasteiger partial charge in [-0.25, -0.2) is 13.2 Å². The summed E-state index contributed by atoms with van der Waals surface area (Å²) < 4.78 is 36.8. The first kappa shape index (κ1) is 8.83. The Bertz CT molecular complexity index is 345. The number of aryl methyl sites for hydroxylation is 1. The number of rotatable bonds is 1. The molecule has 0 unspecified atom stereocenters. The Morgan fingerprint density at radius 3 is 2.50 bits per heavy atom. The Balaban J connectivity index is 3.43. The van der Waals surface area contributed by atoms with Crippen molar-refractivity contribution in [3.63, 3.8) is 0 Å². The number of nitrogens with one attached hydrogen (secondary N) is 1. The maximum Gasteiger partial charge on any atom is 0.272 e. The van der Waals surface area contributed by atoms with Gasteiger partial charge in [-0.05, 0) is 6.92 Å². The molecule has 1 aromatic rings. The molecule has 0 bridgehead atoms. The summed E-state index contributed by atoms with van der Waals surface area (Å²) in [5.74, 6) is -1.13. The molecule has 2 nitrogen and oxygen atoms in total. The molecule has 0 atom stereocenters. The first-order chi connectivity index (χ1) is 5.54. The molecule has 0 saturated carbocycles. The second-order valence-electron chi connectivity index (χ2n) is 2.33. The van der Waals surface area contributed by atoms with Crippen LogP contribution >= 0.6 is 0 Å². The van der Waals surface area contributed by atoms with E-state index in [1.807, 2.05) is 4.98 Å². The zero-order valence-electron chi connectivity index (χ0n) is 6.20. The summed E-state index contributed by atoms with van der Waals surface area (Å²) in [5.41, 5.74) is -2.16. The molecule has 0 radical (unpaired) electrons. The molecule has 0 aliphatic carbocycles. The van der Waals surface area contributed by atoms with Gasteiger partial charge in [0.15, 0.2) is 0 Å². The van der Waals surface area contributed by atoms with Crippen LogP contribution in [0.1, 0.15) is 17.6 Å². The molecule has 0 spiro atoms. The maximum absolute atomic E-state index is 12.8. The lowest BCUT2D eigenvalue weighted by Crippen LogP contribution is -2.15. The Kier molecular flexibility index (Phi) is 2.21. The number of hydrogen-bond acceptors (Lipinski definition) is 1. The second kappa shape index (κ2) is 3.00. The van der Waals surface area contributed by atoms with Gasteiger partial charge in [0.05, 0.1) is 0 Å². The van der Waals surface area contributed by atoms with Crippen molar-refractivity contribution < 1.29 is 13.2 Å². The van der Waals surface area contributed by atoms with Gasteiger partial charge in [0.2, 0.25) is 0 Å². The Labute approximate surface area is 66.0 Å². The third kappa shape index (κ3) is 1.34. The van der Waals surface area contributed by atoms with Crippen molar-refractivity contribution in [2.24, 2.45) is 0 Å². The van der Waals surface area contributed by atoms with Gasteiger partial charge in [-0.2, -0.15) is 0 Å². The number of alkyl halides is 2. The van der Waals surface area contributed by atoms with Gasteiger partial charge in [-0.15, -0.1) is 0 Å². The first-order valence-corrected chi connectivity index (χ1v) is 3.20. The van der Waals surface area contributed by atoms with Gasteiger partial charge in [-0.1, -0.05) is 0 Å². The highest BCUT2D eigenvalue weighted by Crippen LogP contribution is 2.18. The molecule has 1 rings (SSSR count). The number of halogens is 3. The van der Waals surface area contributed by atoms with E-state index in [1.54, 1.807) is 0 Å². The van der Waals surface area contributed by atoms with Crippen LogP contribution in [-0.2, 0) is 0 Å². The van der Waals surface area contributed by atoms with E-state index in [1.165, 1.54) is 6.92 Å². The van der Waals surface area contributed by atoms with Crippen LogP contribution < -0.4 is 5.56 Å². The summed E-state index contributed by atoms with van der Waals surface area (Å²) in [7, 11) is 0. The van der Waals surface area contributed by atoms with Crippen molar-refractivity contribution in [2.75, 3.05) is 0 Å². The normalized spacial score (nSPS) is 10.8. The number of aromatic nitrogens is 1. The molecular formula is C7H6F3NO. The minimum absolute atomic E-state index is 0.00454. The zero-order valence-corrected chi connectivity index (χ0v) is 6.20. The van der Waals surface area contributed by atoms with Crippen molar-refractivity contribution in [1.82, 2.24) is 4.98 Å². The average molecular weight is 177 g/mol. The molecule has 0 aromatic carbocycles. The lowest BCUT2D eigenvalue weighted by atomic mass is 10.2. The van der Waals surface area contributed by atoms with Crippen LogP contribution in [0.5, 0.6) is 0 Å². The van der Waals surface area contributed by atoms with Gasteiger partial charge in [0.25, 0.3) is 12.0 Å². The Hall–Kier alpha value is -1.26. The van der Waals surface area contributed by atoms with Crippen LogP contribution in [0.25, 0.3) is 0 Å². The number of pyridine rings is 1. The minimum Gasteiger partial charge on any atom is -0.328 e. The van der Waals surface area contributed by atoms with Crippen molar-refractivity contribution in [3.8, 4) is 0 Å². The number of aromatic amines is 1. The smallest absolute Gasteiger partial charge is 0.272 e. The fourth-order valence-corrected chi connectivity index (χ4v) is 0.822. The molecule has 1 heterocycles. The summed E-state index contributed by atoms with van der Waals surface area (Å²) in [6.07, 6.45) is -2.02. The molecular weight excluding hydrogens is 171 g/mol. The van der Waals surface area contributed by atoms with Crippen molar-refractivity contribution in [1.29, 1.82) is 0 Å². The van der Waals surface area contributed by atoms with E-state index in [0.29, 0.717) is 0 Å². The standard InChI is InChI=1S/C7H6F3NO/c1-3-2-11-7(12)4(5(3)8)6(9)10/h2,6H,1H3,(H,11,12). The van der Waals surface area contributed by atoms with E-state index < -0.39 is 23.4 Å². The monoisotopic (exact) mass is 177 g/mol. The second-order valence-corrected chi connectivity index (χ2v) is 2.33. The average Bonchev–Trinajstić information content (AvgIpc) is 1.97. The Morgan fingerprint density at radius 1 is 1.50 bits per heavy atom. The lowest BCUT2D eigenvalue weighted by molar-refractivity contribution is 0.144. The highest BCUT2D eigenvalue weighted by molar-refractivity contribution is 5.20. The molecule has 12 heavy (non-hydrogen) atoms. The molecule has 0 aliphatic heterocycles. The van der Waals surface area contributed by atoms with Crippen LogP contribution in [0.15, 0.2) is 11.0 Å². The van der Waals surface area contributed by atoms with E-state index in [-0.39, 0.29) is 5.56 Å². The highest BCUT2D eigenvalue weighted by Gasteiger charge is 2.18. The maximum atomic E-state index is 12.8. The SMILES string of the molecule is Cc1c[nH]c(=O)c(C(F)F)c1F. The van der Waals surface area contributed by atoms with Gasteiger partial charge in [0, 0.05) is 11.8 Å². The van der Waals surface area contributed by atoms with Crippen molar-refractivity contribution in [2.45, 2.75) is 13.3 Å². The van der Waals surface area contributed by atoms with Crippen LogP contribution in [0.3, 0.4) is 0 Å². The quantitative estimate of drug-likeness (QED) is 0.696. The van der Waals surface area contributed by atoms with E-state index >= 15 is 0 Å². The summed E-state index contributed by atoms with van der Waals surface area (Å²) >= 11 is 0. The summed E-state index contributed by atoms with van der Waals surface area (Å²) in [5, 5.41) is 0. The summed E-state index contributed by atoms with van der Waals surface area (Å²) in [6.45, 7) is 1.30. The third-order valence-corrected chi connectivity index (χ3v) is 1.47. The largest absolute Gasteiger partial charge is 0.328 e. The molecule has 1 N–H and O–H groups in total. The number of hydrogen-bond donors (Lipinski definition) is 1. The van der Waals surface area contributed by atoms with Crippen molar-refractivity contribution >= 4 is 0 Å². The topological polar surface area (TPSA) is 32.9 Å². The molecule has 0 amide bonds.